The summed E-state index contributed by atoms with van der Waals surface area (Å²) < 4.78 is 16.8. The second-order valence-electron chi connectivity index (χ2n) is 8.00. The highest BCUT2D eigenvalue weighted by Crippen LogP contribution is 2.38. The van der Waals surface area contributed by atoms with Crippen molar-refractivity contribution in [3.8, 4) is 23.0 Å². The minimum Gasteiger partial charge on any atom is -0.493 e. The second-order valence-corrected chi connectivity index (χ2v) is 9.70. The largest absolute Gasteiger partial charge is 0.493 e. The quantitative estimate of drug-likeness (QED) is 0.378. The number of fused-ring (bicyclic) bond motifs is 1. The third-order valence-corrected chi connectivity index (χ3v) is 7.29. The van der Waals surface area contributed by atoms with Crippen molar-refractivity contribution in [2.45, 2.75) is 30.9 Å². The number of carbonyl (C=O) groups excluding carboxylic acids is 2. The van der Waals surface area contributed by atoms with Crippen LogP contribution in [0.4, 0.5) is 10.5 Å². The van der Waals surface area contributed by atoms with Crippen molar-refractivity contribution >= 4 is 51.9 Å². The highest BCUT2D eigenvalue weighted by Gasteiger charge is 2.18. The van der Waals surface area contributed by atoms with Gasteiger partial charge in [-0.1, -0.05) is 24.4 Å². The third kappa shape index (κ3) is 6.29. The average molecular weight is 516 g/mol. The molecule has 0 spiro atoms. The molecule has 1 aliphatic rings. The maximum atomic E-state index is 12.2. The SMILES string of the molecule is COc1cc2nccc(Oc3ccc(NC(=O)NC(=O)CSC4CCCC4)cc3Cl)c2cc1OC. The summed E-state index contributed by atoms with van der Waals surface area (Å²) in [5.41, 5.74) is 1.10. The van der Waals surface area contributed by atoms with Gasteiger partial charge in [-0.15, -0.1) is 11.8 Å². The first-order chi connectivity index (χ1) is 17.0. The fourth-order valence-electron chi connectivity index (χ4n) is 3.89. The van der Waals surface area contributed by atoms with Crippen LogP contribution in [0.3, 0.4) is 0 Å². The zero-order chi connectivity index (χ0) is 24.8. The number of methoxy groups -OCH3 is 2. The molecule has 2 aromatic carbocycles. The van der Waals surface area contributed by atoms with Gasteiger partial charge < -0.3 is 19.5 Å². The Labute approximate surface area is 212 Å². The van der Waals surface area contributed by atoms with Crippen molar-refractivity contribution in [2.75, 3.05) is 25.3 Å². The van der Waals surface area contributed by atoms with Crippen LogP contribution in [0.15, 0.2) is 42.6 Å². The molecular formula is C25H26ClN3O5S. The van der Waals surface area contributed by atoms with E-state index in [1.807, 2.05) is 0 Å². The first-order valence-electron chi connectivity index (χ1n) is 11.2. The zero-order valence-electron chi connectivity index (χ0n) is 19.4. The van der Waals surface area contributed by atoms with Crippen LogP contribution in [0.2, 0.25) is 5.02 Å². The van der Waals surface area contributed by atoms with E-state index in [0.29, 0.717) is 39.5 Å². The van der Waals surface area contributed by atoms with E-state index in [-0.39, 0.29) is 16.7 Å². The van der Waals surface area contributed by atoms with E-state index in [1.165, 1.54) is 12.8 Å². The Morgan fingerprint density at radius 1 is 1.03 bits per heavy atom. The summed E-state index contributed by atoms with van der Waals surface area (Å²) in [6.07, 6.45) is 6.31. The molecule has 8 nitrogen and oxygen atoms in total. The minimum absolute atomic E-state index is 0.266. The average Bonchev–Trinajstić information content (AvgIpc) is 3.37. The highest BCUT2D eigenvalue weighted by molar-refractivity contribution is 8.00. The van der Waals surface area contributed by atoms with Crippen LogP contribution in [0.25, 0.3) is 10.9 Å². The number of nitrogens with one attached hydrogen (secondary N) is 2. The van der Waals surface area contributed by atoms with Gasteiger partial charge in [0.25, 0.3) is 0 Å². The summed E-state index contributed by atoms with van der Waals surface area (Å²) in [6.45, 7) is 0. The number of hydrogen-bond donors (Lipinski definition) is 2. The van der Waals surface area contributed by atoms with Gasteiger partial charge in [-0.2, -0.15) is 0 Å². The molecule has 4 rings (SSSR count). The number of benzene rings is 2. The van der Waals surface area contributed by atoms with E-state index in [4.69, 9.17) is 25.8 Å². The number of ether oxygens (including phenoxy) is 3. The van der Waals surface area contributed by atoms with Crippen LogP contribution in [0.5, 0.6) is 23.0 Å². The van der Waals surface area contributed by atoms with E-state index in [1.54, 1.807) is 68.6 Å². The van der Waals surface area contributed by atoms with E-state index < -0.39 is 6.03 Å². The maximum absolute atomic E-state index is 12.2. The topological polar surface area (TPSA) is 98.8 Å². The second kappa shape index (κ2) is 11.5. The molecule has 1 aromatic heterocycles. The zero-order valence-corrected chi connectivity index (χ0v) is 21.0. The Bertz CT molecular complexity index is 1230. The van der Waals surface area contributed by atoms with Gasteiger partial charge in [-0.25, -0.2) is 4.79 Å². The van der Waals surface area contributed by atoms with Crippen molar-refractivity contribution in [1.82, 2.24) is 10.3 Å². The van der Waals surface area contributed by atoms with Crippen molar-refractivity contribution < 1.29 is 23.8 Å². The van der Waals surface area contributed by atoms with Gasteiger partial charge in [0.15, 0.2) is 11.5 Å². The van der Waals surface area contributed by atoms with E-state index in [9.17, 15) is 9.59 Å². The lowest BCUT2D eigenvalue weighted by molar-refractivity contribution is -0.117. The fourth-order valence-corrected chi connectivity index (χ4v) is 5.23. The van der Waals surface area contributed by atoms with Gasteiger partial charge in [0.2, 0.25) is 5.91 Å². The number of nitrogens with zero attached hydrogens (tertiary/aromatic N) is 1. The number of urea groups is 1. The molecule has 3 aromatic rings. The van der Waals surface area contributed by atoms with Crippen LogP contribution < -0.4 is 24.8 Å². The van der Waals surface area contributed by atoms with Crippen LogP contribution >= 0.6 is 23.4 Å². The molecule has 1 heterocycles. The Balaban J connectivity index is 1.40. The number of rotatable bonds is 8. The monoisotopic (exact) mass is 515 g/mol. The number of halogens is 1. The Morgan fingerprint density at radius 3 is 2.49 bits per heavy atom. The standard InChI is InChI=1S/C25H26ClN3O5S/c1-32-22-12-17-19(13-23(22)33-2)27-10-9-20(17)34-21-8-7-15(11-18(21)26)28-25(31)29-24(30)14-35-16-5-3-4-6-16/h7-13,16H,3-6,14H2,1-2H3,(H2,28,29,30,31). The number of amides is 3. The summed E-state index contributed by atoms with van der Waals surface area (Å²) >= 11 is 8.02. The number of anilines is 1. The number of thioether (sulfide) groups is 1. The third-order valence-electron chi connectivity index (χ3n) is 5.62. The van der Waals surface area contributed by atoms with Gasteiger partial charge >= 0.3 is 6.03 Å². The molecule has 0 radical (unpaired) electrons. The Morgan fingerprint density at radius 2 is 1.77 bits per heavy atom. The van der Waals surface area contributed by atoms with E-state index in [2.05, 4.69) is 15.6 Å². The van der Waals surface area contributed by atoms with Gasteiger partial charge in [0.1, 0.15) is 11.5 Å². The normalized spacial score (nSPS) is 13.5. The summed E-state index contributed by atoms with van der Waals surface area (Å²) in [4.78, 5) is 28.6. The van der Waals surface area contributed by atoms with E-state index in [0.717, 1.165) is 18.2 Å². The summed E-state index contributed by atoms with van der Waals surface area (Å²) in [6, 6.07) is 9.51. The fraction of sp³-hybridized carbons (Fsp3) is 0.320. The van der Waals surface area contributed by atoms with Crippen LogP contribution in [0, 0.1) is 0 Å². The molecular weight excluding hydrogens is 490 g/mol. The lowest BCUT2D eigenvalue weighted by Crippen LogP contribution is -2.35. The number of pyridine rings is 1. The molecule has 0 unspecified atom stereocenters. The van der Waals surface area contributed by atoms with Crippen molar-refractivity contribution in [3.63, 3.8) is 0 Å². The number of hydrogen-bond acceptors (Lipinski definition) is 7. The predicted octanol–water partition coefficient (Wildman–Crippen LogP) is 6.02. The maximum Gasteiger partial charge on any atom is 0.325 e. The van der Waals surface area contributed by atoms with Gasteiger partial charge in [-0.3, -0.25) is 15.1 Å². The molecule has 3 amide bonds. The summed E-state index contributed by atoms with van der Waals surface area (Å²) in [7, 11) is 3.12. The summed E-state index contributed by atoms with van der Waals surface area (Å²) in [5.74, 6) is 1.98. The molecule has 10 heteroatoms. The van der Waals surface area contributed by atoms with E-state index >= 15 is 0 Å². The molecule has 2 N–H and O–H groups in total. The van der Waals surface area contributed by atoms with Gasteiger partial charge in [0, 0.05) is 28.6 Å². The first-order valence-corrected chi connectivity index (χ1v) is 12.6. The number of imide groups is 1. The van der Waals surface area contributed by atoms with Crippen LogP contribution in [-0.2, 0) is 4.79 Å². The molecule has 0 aliphatic heterocycles. The molecule has 1 saturated carbocycles. The molecule has 35 heavy (non-hydrogen) atoms. The molecule has 1 aliphatic carbocycles. The lowest BCUT2D eigenvalue weighted by Gasteiger charge is -2.14. The molecule has 184 valence electrons. The Kier molecular flexibility index (Phi) is 8.20. The predicted molar refractivity (Wildman–Crippen MR) is 138 cm³/mol. The molecule has 0 saturated heterocycles. The lowest BCUT2D eigenvalue weighted by atomic mass is 10.2. The number of carbonyl (C=O) groups is 2. The molecule has 0 bridgehead atoms. The molecule has 0 atom stereocenters. The number of aromatic nitrogens is 1. The Hall–Kier alpha value is -3.17. The van der Waals surface area contributed by atoms with Crippen molar-refractivity contribution in [3.05, 3.63) is 47.6 Å². The summed E-state index contributed by atoms with van der Waals surface area (Å²) in [5, 5.41) is 6.50. The van der Waals surface area contributed by atoms with Crippen molar-refractivity contribution in [2.24, 2.45) is 0 Å². The van der Waals surface area contributed by atoms with Crippen LogP contribution in [-0.4, -0.2) is 42.1 Å². The smallest absolute Gasteiger partial charge is 0.325 e. The van der Waals surface area contributed by atoms with Crippen LogP contribution in [0.1, 0.15) is 25.7 Å². The minimum atomic E-state index is -0.604. The first kappa shape index (κ1) is 24.9. The highest BCUT2D eigenvalue weighted by atomic mass is 35.5. The molecule has 1 fully saturated rings. The van der Waals surface area contributed by atoms with Gasteiger partial charge in [0.05, 0.1) is 30.5 Å². The van der Waals surface area contributed by atoms with Crippen molar-refractivity contribution in [1.29, 1.82) is 0 Å². The van der Waals surface area contributed by atoms with Gasteiger partial charge in [-0.05, 0) is 43.2 Å².